The Morgan fingerprint density at radius 3 is 3.10 bits per heavy atom. The minimum atomic E-state index is -0.609. The first-order valence-corrected chi connectivity index (χ1v) is 6.77. The second kappa shape index (κ2) is 6.62. The standard InChI is InChI=1S/C12H15ClN4O3/c13-11-10(6-9(7-16-11)17(19)20)12(18)15-5-3-8-2-1-4-14-8/h6-8,14H,1-5H2,(H,15,18)/t8-/m1/s1. The summed E-state index contributed by atoms with van der Waals surface area (Å²) in [6.45, 7) is 1.51. The van der Waals surface area contributed by atoms with Crippen LogP contribution >= 0.6 is 11.6 Å². The summed E-state index contributed by atoms with van der Waals surface area (Å²) in [7, 11) is 0. The zero-order valence-electron chi connectivity index (χ0n) is 10.8. The minimum Gasteiger partial charge on any atom is -0.352 e. The maximum Gasteiger partial charge on any atom is 0.288 e. The van der Waals surface area contributed by atoms with E-state index in [0.29, 0.717) is 12.6 Å². The van der Waals surface area contributed by atoms with Crippen molar-refractivity contribution in [2.24, 2.45) is 0 Å². The molecule has 0 aliphatic carbocycles. The molecule has 2 rings (SSSR count). The molecular weight excluding hydrogens is 284 g/mol. The van der Waals surface area contributed by atoms with Gasteiger partial charge in [-0.25, -0.2) is 4.98 Å². The quantitative estimate of drug-likeness (QED) is 0.488. The molecule has 1 aliphatic rings. The fourth-order valence-electron chi connectivity index (χ4n) is 2.15. The molecule has 1 aromatic rings. The van der Waals surface area contributed by atoms with E-state index in [1.54, 1.807) is 0 Å². The van der Waals surface area contributed by atoms with Gasteiger partial charge in [0.25, 0.3) is 11.6 Å². The van der Waals surface area contributed by atoms with Crippen LogP contribution in [0.15, 0.2) is 12.3 Å². The maximum atomic E-state index is 11.9. The summed E-state index contributed by atoms with van der Waals surface area (Å²) in [5, 5.41) is 16.7. The first-order chi connectivity index (χ1) is 9.58. The molecule has 1 aliphatic heterocycles. The van der Waals surface area contributed by atoms with Crippen molar-refractivity contribution in [2.75, 3.05) is 13.1 Å². The van der Waals surface area contributed by atoms with Gasteiger partial charge in [-0.3, -0.25) is 14.9 Å². The van der Waals surface area contributed by atoms with Gasteiger partial charge in [-0.15, -0.1) is 0 Å². The molecule has 20 heavy (non-hydrogen) atoms. The Kier molecular flexibility index (Phi) is 4.86. The number of carbonyl (C=O) groups is 1. The van der Waals surface area contributed by atoms with E-state index in [2.05, 4.69) is 15.6 Å². The smallest absolute Gasteiger partial charge is 0.288 e. The van der Waals surface area contributed by atoms with Crippen molar-refractivity contribution in [3.05, 3.63) is 33.1 Å². The highest BCUT2D eigenvalue weighted by Crippen LogP contribution is 2.19. The fourth-order valence-corrected chi connectivity index (χ4v) is 2.34. The molecular formula is C12H15ClN4O3. The van der Waals surface area contributed by atoms with Crippen molar-refractivity contribution in [1.29, 1.82) is 0 Å². The van der Waals surface area contributed by atoms with Gasteiger partial charge in [0.15, 0.2) is 0 Å². The Balaban J connectivity index is 1.94. The van der Waals surface area contributed by atoms with Gasteiger partial charge in [0.1, 0.15) is 11.3 Å². The SMILES string of the molecule is O=C(NCC[C@H]1CCCN1)c1cc([N+](=O)[O-])cnc1Cl. The summed E-state index contributed by atoms with van der Waals surface area (Å²) >= 11 is 5.79. The lowest BCUT2D eigenvalue weighted by atomic mass is 10.1. The van der Waals surface area contributed by atoms with Crippen LogP contribution in [0, 0.1) is 10.1 Å². The average Bonchev–Trinajstić information content (AvgIpc) is 2.92. The number of carbonyl (C=O) groups excluding carboxylic acids is 1. The zero-order chi connectivity index (χ0) is 14.5. The molecule has 1 amide bonds. The van der Waals surface area contributed by atoms with Gasteiger partial charge in [0.05, 0.1) is 10.5 Å². The lowest BCUT2D eigenvalue weighted by molar-refractivity contribution is -0.385. The summed E-state index contributed by atoms with van der Waals surface area (Å²) in [5.41, 5.74) is -0.225. The molecule has 108 valence electrons. The summed E-state index contributed by atoms with van der Waals surface area (Å²) < 4.78 is 0. The predicted molar refractivity (Wildman–Crippen MR) is 73.9 cm³/mol. The van der Waals surface area contributed by atoms with E-state index in [1.807, 2.05) is 0 Å². The number of hydrogen-bond acceptors (Lipinski definition) is 5. The van der Waals surface area contributed by atoms with Crippen molar-refractivity contribution in [1.82, 2.24) is 15.6 Å². The monoisotopic (exact) mass is 298 g/mol. The van der Waals surface area contributed by atoms with Gasteiger partial charge in [0, 0.05) is 18.7 Å². The number of pyridine rings is 1. The second-order valence-electron chi connectivity index (χ2n) is 4.63. The molecule has 0 saturated carbocycles. The predicted octanol–water partition coefficient (Wildman–Crippen LogP) is 1.52. The third kappa shape index (κ3) is 3.64. The second-order valence-corrected chi connectivity index (χ2v) is 4.98. The van der Waals surface area contributed by atoms with Crippen LogP contribution in [0.1, 0.15) is 29.6 Å². The number of nitro groups is 1. The molecule has 0 spiro atoms. The normalized spacial score (nSPS) is 17.9. The third-order valence-electron chi connectivity index (χ3n) is 3.22. The number of nitrogens with one attached hydrogen (secondary N) is 2. The van der Waals surface area contributed by atoms with Crippen LogP contribution in [0.5, 0.6) is 0 Å². The molecule has 1 saturated heterocycles. The van der Waals surface area contributed by atoms with Crippen LogP contribution in [-0.4, -0.2) is 34.9 Å². The number of nitrogens with zero attached hydrogens (tertiary/aromatic N) is 2. The highest BCUT2D eigenvalue weighted by molar-refractivity contribution is 6.32. The van der Waals surface area contributed by atoms with Gasteiger partial charge in [0.2, 0.25) is 0 Å². The summed E-state index contributed by atoms with van der Waals surface area (Å²) in [5.74, 6) is -0.441. The highest BCUT2D eigenvalue weighted by atomic mass is 35.5. The lowest BCUT2D eigenvalue weighted by Gasteiger charge is -2.11. The van der Waals surface area contributed by atoms with Crippen molar-refractivity contribution >= 4 is 23.2 Å². The van der Waals surface area contributed by atoms with Gasteiger partial charge < -0.3 is 10.6 Å². The highest BCUT2D eigenvalue weighted by Gasteiger charge is 2.18. The molecule has 8 heteroatoms. The van der Waals surface area contributed by atoms with Crippen LogP contribution < -0.4 is 10.6 Å². The number of amides is 1. The average molecular weight is 299 g/mol. The van der Waals surface area contributed by atoms with E-state index < -0.39 is 10.8 Å². The van der Waals surface area contributed by atoms with Crippen LogP contribution in [0.2, 0.25) is 5.15 Å². The summed E-state index contributed by atoms with van der Waals surface area (Å²) in [6.07, 6.45) is 4.11. The number of rotatable bonds is 5. The molecule has 1 aromatic heterocycles. The fraction of sp³-hybridized carbons (Fsp3) is 0.500. The Hall–Kier alpha value is -1.73. The number of halogens is 1. The van der Waals surface area contributed by atoms with Gasteiger partial charge >= 0.3 is 0 Å². The van der Waals surface area contributed by atoms with Crippen molar-refractivity contribution in [2.45, 2.75) is 25.3 Å². The molecule has 0 unspecified atom stereocenters. The molecule has 2 N–H and O–H groups in total. The van der Waals surface area contributed by atoms with Crippen LogP contribution in [0.4, 0.5) is 5.69 Å². The van der Waals surface area contributed by atoms with Crippen molar-refractivity contribution in [3.8, 4) is 0 Å². The Morgan fingerprint density at radius 2 is 2.45 bits per heavy atom. The maximum absolute atomic E-state index is 11.9. The summed E-state index contributed by atoms with van der Waals surface area (Å²) in [6, 6.07) is 1.56. The van der Waals surface area contributed by atoms with Crippen LogP contribution in [0.25, 0.3) is 0 Å². The van der Waals surface area contributed by atoms with E-state index in [4.69, 9.17) is 11.6 Å². The zero-order valence-corrected chi connectivity index (χ0v) is 11.5. The lowest BCUT2D eigenvalue weighted by Crippen LogP contribution is -2.30. The first-order valence-electron chi connectivity index (χ1n) is 6.39. The number of aromatic nitrogens is 1. The van der Waals surface area contributed by atoms with Crippen molar-refractivity contribution < 1.29 is 9.72 Å². The van der Waals surface area contributed by atoms with E-state index in [1.165, 1.54) is 0 Å². The van der Waals surface area contributed by atoms with Crippen LogP contribution in [0.3, 0.4) is 0 Å². The Bertz CT molecular complexity index is 517. The Morgan fingerprint density at radius 1 is 1.65 bits per heavy atom. The molecule has 0 aromatic carbocycles. The molecule has 1 fully saturated rings. The third-order valence-corrected chi connectivity index (χ3v) is 3.52. The molecule has 7 nitrogen and oxygen atoms in total. The largest absolute Gasteiger partial charge is 0.352 e. The van der Waals surface area contributed by atoms with E-state index >= 15 is 0 Å². The molecule has 0 bridgehead atoms. The van der Waals surface area contributed by atoms with Crippen LogP contribution in [-0.2, 0) is 0 Å². The molecule has 2 heterocycles. The number of hydrogen-bond donors (Lipinski definition) is 2. The molecule has 1 atom stereocenters. The summed E-state index contributed by atoms with van der Waals surface area (Å²) in [4.78, 5) is 25.6. The van der Waals surface area contributed by atoms with Crippen molar-refractivity contribution in [3.63, 3.8) is 0 Å². The van der Waals surface area contributed by atoms with E-state index in [9.17, 15) is 14.9 Å². The van der Waals surface area contributed by atoms with E-state index in [0.717, 1.165) is 38.1 Å². The van der Waals surface area contributed by atoms with Gasteiger partial charge in [-0.1, -0.05) is 11.6 Å². The van der Waals surface area contributed by atoms with E-state index in [-0.39, 0.29) is 16.4 Å². The van der Waals surface area contributed by atoms with Gasteiger partial charge in [-0.05, 0) is 25.8 Å². The molecule has 0 radical (unpaired) electrons. The first kappa shape index (κ1) is 14.7. The topological polar surface area (TPSA) is 97.2 Å². The minimum absolute atomic E-state index is 0.0280. The Labute approximate surface area is 120 Å². The van der Waals surface area contributed by atoms with Gasteiger partial charge in [-0.2, -0.15) is 0 Å².